The number of phenols is 2. The van der Waals surface area contributed by atoms with E-state index in [9.17, 15) is 18.6 Å². The van der Waals surface area contributed by atoms with E-state index >= 15 is 0 Å². The van der Waals surface area contributed by atoms with Crippen molar-refractivity contribution in [1.82, 2.24) is 4.90 Å². The lowest BCUT2D eigenvalue weighted by Crippen LogP contribution is -2.19. The lowest BCUT2D eigenvalue weighted by molar-refractivity contribution is 0.261. The van der Waals surface area contributed by atoms with Crippen LogP contribution in [0.25, 0.3) is 22.8 Å². The second-order valence-corrected chi connectivity index (χ2v) is 20.8. The van der Waals surface area contributed by atoms with Crippen LogP contribution in [-0.2, 0) is 10.1 Å². The molecule has 0 fully saturated rings. The van der Waals surface area contributed by atoms with Crippen molar-refractivity contribution in [2.45, 2.75) is 17.2 Å². The minimum atomic E-state index is -4.12. The maximum atomic E-state index is 13.2. The van der Waals surface area contributed by atoms with Gasteiger partial charge in [-0.25, -0.2) is 0 Å². The molecule has 0 unspecified atom stereocenters. The zero-order valence-corrected chi connectivity index (χ0v) is 46.4. The third-order valence-corrected chi connectivity index (χ3v) is 14.5. The highest BCUT2D eigenvalue weighted by Crippen LogP contribution is 2.39. The van der Waals surface area contributed by atoms with Gasteiger partial charge >= 0.3 is 10.1 Å². The molecule has 0 radical (unpaired) electrons. The van der Waals surface area contributed by atoms with Gasteiger partial charge in [0.25, 0.3) is 0 Å². The minimum Gasteiger partial charge on any atom is -0.508 e. The number of phenolic OH excluding ortho intramolecular Hbond substituents is 2. The summed E-state index contributed by atoms with van der Waals surface area (Å²) in [4.78, 5) is 2.16. The molecule has 9 heteroatoms. The van der Waals surface area contributed by atoms with Gasteiger partial charge in [-0.15, -0.1) is 11.6 Å². The van der Waals surface area contributed by atoms with Crippen LogP contribution in [0.1, 0.15) is 62.4 Å². The zero-order chi connectivity index (χ0) is 55.9. The van der Waals surface area contributed by atoms with Crippen LogP contribution >= 0.6 is 11.6 Å². The van der Waals surface area contributed by atoms with E-state index in [1.807, 2.05) is 32.3 Å². The van der Waals surface area contributed by atoms with E-state index in [-0.39, 0.29) is 22.1 Å². The van der Waals surface area contributed by atoms with Gasteiger partial charge in [0.2, 0.25) is 0 Å². The number of allylic oxidation sites excluding steroid dienone is 1. The first-order valence-electron chi connectivity index (χ1n) is 26.4. The van der Waals surface area contributed by atoms with Crippen molar-refractivity contribution in [3.8, 4) is 23.0 Å². The Labute approximate surface area is 476 Å². The van der Waals surface area contributed by atoms with Crippen molar-refractivity contribution in [1.29, 1.82) is 0 Å². The average molecular weight is 1090 g/mol. The molecule has 0 aliphatic carbocycles. The molecule has 0 aliphatic heterocycles. The minimum absolute atomic E-state index is 0.0463. The largest absolute Gasteiger partial charge is 0.508 e. The Morgan fingerprint density at radius 2 is 0.912 bits per heavy atom. The van der Waals surface area contributed by atoms with Crippen molar-refractivity contribution >= 4 is 44.5 Å². The molecule has 0 spiro atoms. The van der Waals surface area contributed by atoms with Crippen LogP contribution in [-0.4, -0.2) is 56.7 Å². The summed E-state index contributed by atoms with van der Waals surface area (Å²) in [5.41, 5.74) is 13.1. The fraction of sp³-hybridized carbons (Fsp3) is 0.0986. The number of benzene rings is 10. The van der Waals surface area contributed by atoms with Crippen LogP contribution in [0.4, 0.5) is 0 Å². The molecule has 7 nitrogen and oxygen atoms in total. The highest BCUT2D eigenvalue weighted by atomic mass is 35.5. The Kier molecular flexibility index (Phi) is 20.9. The van der Waals surface area contributed by atoms with Gasteiger partial charge in [0.15, 0.2) is 0 Å². The molecule has 0 heterocycles. The average Bonchev–Trinajstić information content (AvgIpc) is 3.49. The fourth-order valence-electron chi connectivity index (χ4n) is 9.10. The first-order valence-corrected chi connectivity index (χ1v) is 28.3. The molecule has 10 aromatic rings. The van der Waals surface area contributed by atoms with E-state index in [0.717, 1.165) is 29.8 Å². The molecule has 0 saturated carbocycles. The first-order chi connectivity index (χ1) is 39.1. The van der Waals surface area contributed by atoms with Crippen LogP contribution in [0.2, 0.25) is 0 Å². The van der Waals surface area contributed by atoms with Crippen molar-refractivity contribution in [2.75, 3.05) is 33.1 Å². The molecule has 0 bridgehead atoms. The number of ether oxygens (including phenoxy) is 1. The van der Waals surface area contributed by atoms with Crippen LogP contribution in [0.5, 0.6) is 23.0 Å². The van der Waals surface area contributed by atoms with Crippen LogP contribution < -0.4 is 8.92 Å². The molecule has 10 aromatic carbocycles. The van der Waals surface area contributed by atoms with E-state index in [0.29, 0.717) is 18.1 Å². The molecular formula is C71H64ClNO6S. The summed E-state index contributed by atoms with van der Waals surface area (Å²) >= 11 is 6.21. The van der Waals surface area contributed by atoms with Gasteiger partial charge in [0, 0.05) is 18.3 Å². The fourth-order valence-corrected chi connectivity index (χ4v) is 10.5. The molecule has 402 valence electrons. The van der Waals surface area contributed by atoms with Crippen molar-refractivity contribution in [3.05, 3.63) is 329 Å². The molecule has 0 aliphatic rings. The zero-order valence-electron chi connectivity index (χ0n) is 44.8. The van der Waals surface area contributed by atoms with Gasteiger partial charge < -0.3 is 24.0 Å². The van der Waals surface area contributed by atoms with Gasteiger partial charge in [-0.3, -0.25) is 0 Å². The van der Waals surface area contributed by atoms with Gasteiger partial charge in [0.05, 0.1) is 0 Å². The quantitative estimate of drug-likeness (QED) is 0.0382. The molecule has 0 aromatic heterocycles. The Morgan fingerprint density at radius 1 is 0.487 bits per heavy atom. The van der Waals surface area contributed by atoms with Crippen molar-refractivity contribution in [3.63, 3.8) is 0 Å². The lowest BCUT2D eigenvalue weighted by atomic mass is 9.85. The van der Waals surface area contributed by atoms with E-state index < -0.39 is 16.0 Å². The highest BCUT2D eigenvalue weighted by Gasteiger charge is 2.27. The molecule has 80 heavy (non-hydrogen) atoms. The molecule has 0 saturated heterocycles. The Bertz CT molecular complexity index is 3540. The standard InChI is InChI=1S/C26H28ClNO.C25H20O5S.C20H16/c1-28(2)19-20-29-24-15-13-23(14-16-24)26(22-11-7-4-8-12-22)25(17-18-27)21-9-5-3-6-10-21;26-20-14-10-18(11-15-20)25(19-12-16-21(27)17-13-19)23-8-4-5-9-24(23)31(28,29)30-22-6-2-1-3-7-22;1-4-10-17(11-5-1)16-20(18-12-6-2-7-13-18)19-14-8-3-9-15-19/h3-16H,17-20H2,1-2H3;1-17,25-27H;1-16H/b26-25-;;. The number of rotatable bonds is 18. The van der Waals surface area contributed by atoms with Crippen LogP contribution in [0.3, 0.4) is 0 Å². The maximum absolute atomic E-state index is 13.2. The second-order valence-electron chi connectivity index (χ2n) is 18.9. The molecule has 2 N–H and O–H groups in total. The van der Waals surface area contributed by atoms with E-state index in [2.05, 4.69) is 169 Å². The number of likely N-dealkylation sites (N-methyl/N-ethyl adjacent to an activating group) is 1. The third kappa shape index (κ3) is 16.3. The molecular weight excluding hydrogens is 1030 g/mol. The number of nitrogens with zero attached hydrogens (tertiary/aromatic N) is 1. The predicted octanol–water partition coefficient (Wildman–Crippen LogP) is 16.5. The summed E-state index contributed by atoms with van der Waals surface area (Å²) in [7, 11) is -0.0261. The first kappa shape index (κ1) is 57.3. The Hall–Kier alpha value is -8.92. The lowest BCUT2D eigenvalue weighted by Gasteiger charge is -2.22. The highest BCUT2D eigenvalue weighted by molar-refractivity contribution is 7.87. The topological polar surface area (TPSA) is 96.3 Å². The van der Waals surface area contributed by atoms with E-state index in [1.165, 1.54) is 56.2 Å². The molecule has 0 amide bonds. The maximum Gasteiger partial charge on any atom is 0.339 e. The van der Waals surface area contributed by atoms with Crippen LogP contribution in [0, 0.1) is 0 Å². The van der Waals surface area contributed by atoms with E-state index in [4.69, 9.17) is 20.5 Å². The van der Waals surface area contributed by atoms with E-state index in [1.54, 1.807) is 97.1 Å². The van der Waals surface area contributed by atoms with Crippen LogP contribution in [0.15, 0.2) is 284 Å². The number of hydrogen-bond acceptors (Lipinski definition) is 7. The van der Waals surface area contributed by atoms with Gasteiger partial charge in [-0.05, 0) is 148 Å². The number of halogens is 1. The van der Waals surface area contributed by atoms with Crippen molar-refractivity contribution in [2.24, 2.45) is 0 Å². The molecule has 0 atom stereocenters. The second kappa shape index (κ2) is 29.2. The number of hydrogen-bond donors (Lipinski definition) is 2. The Morgan fingerprint density at radius 3 is 1.40 bits per heavy atom. The summed E-state index contributed by atoms with van der Waals surface area (Å²) in [6.45, 7) is 1.57. The van der Waals surface area contributed by atoms with Gasteiger partial charge in [-0.1, -0.05) is 224 Å². The summed E-state index contributed by atoms with van der Waals surface area (Å²) < 4.78 is 37.6. The van der Waals surface area contributed by atoms with Gasteiger partial charge in [0.1, 0.15) is 34.5 Å². The summed E-state index contributed by atoms with van der Waals surface area (Å²) in [5, 5.41) is 19.4. The monoisotopic (exact) mass is 1090 g/mol. The molecule has 10 rings (SSSR count). The SMILES string of the molecule is C(=C(c1ccccc1)c1ccccc1)c1ccccc1.CN(C)CCOc1ccc(/C(=C(/CCCl)c2ccccc2)c2ccccc2)cc1.O=S(=O)(Oc1ccccc1)c1ccccc1C(c1ccc(O)cc1)c1ccc(O)cc1. The summed E-state index contributed by atoms with van der Waals surface area (Å²) in [6, 6.07) is 89.1. The smallest absolute Gasteiger partial charge is 0.339 e. The normalized spacial score (nSPS) is 11.3. The predicted molar refractivity (Wildman–Crippen MR) is 329 cm³/mol. The summed E-state index contributed by atoms with van der Waals surface area (Å²) in [5.74, 6) is 1.45. The Balaban J connectivity index is 0.000000161. The number of alkyl halides is 1. The summed E-state index contributed by atoms with van der Waals surface area (Å²) in [6.07, 6.45) is 3.04. The van der Waals surface area contributed by atoms with Gasteiger partial charge in [-0.2, -0.15) is 8.42 Å². The van der Waals surface area contributed by atoms with Crippen molar-refractivity contribution < 1.29 is 27.6 Å². The number of para-hydroxylation sites is 1. The number of aromatic hydroxyl groups is 2. The third-order valence-electron chi connectivity index (χ3n) is 13.0.